The van der Waals surface area contributed by atoms with Crippen molar-refractivity contribution < 1.29 is 31.2 Å². The number of benzene rings is 2. The van der Waals surface area contributed by atoms with Crippen LogP contribution in [0.4, 0.5) is 16.2 Å². The number of imide groups is 1. The largest absolute Gasteiger partial charge is 0.329 e. The van der Waals surface area contributed by atoms with Crippen LogP contribution >= 0.6 is 0 Å². The molecule has 4 amide bonds. The molecule has 0 atom stereocenters. The van der Waals surface area contributed by atoms with Crippen molar-refractivity contribution in [1.29, 1.82) is 0 Å². The van der Waals surface area contributed by atoms with Crippen molar-refractivity contribution in [3.8, 4) is 0 Å². The number of urea groups is 1. The Morgan fingerprint density at radius 1 is 0.970 bits per heavy atom. The van der Waals surface area contributed by atoms with Crippen LogP contribution in [0.2, 0.25) is 0 Å². The van der Waals surface area contributed by atoms with Crippen LogP contribution < -0.4 is 20.1 Å². The smallest absolute Gasteiger partial charge is 0.324 e. The van der Waals surface area contributed by atoms with E-state index in [-0.39, 0.29) is 35.0 Å². The normalized spacial score (nSPS) is 14.2. The highest BCUT2D eigenvalue weighted by Gasteiger charge is 2.28. The molecule has 0 radical (unpaired) electrons. The highest BCUT2D eigenvalue weighted by atomic mass is 32.2. The Kier molecular flexibility index (Phi) is 7.00. The molecule has 1 fully saturated rings. The third-order valence-electron chi connectivity index (χ3n) is 4.62. The van der Waals surface area contributed by atoms with E-state index >= 15 is 0 Å². The molecule has 33 heavy (non-hydrogen) atoms. The lowest BCUT2D eigenvalue weighted by molar-refractivity contribution is -0.125. The van der Waals surface area contributed by atoms with Crippen molar-refractivity contribution in [2.24, 2.45) is 0 Å². The summed E-state index contributed by atoms with van der Waals surface area (Å²) in [4.78, 5) is 35.6. The van der Waals surface area contributed by atoms with Gasteiger partial charge in [-0.15, -0.1) is 0 Å². The van der Waals surface area contributed by atoms with Gasteiger partial charge in [0, 0.05) is 24.3 Å². The molecule has 1 aliphatic rings. The molecular weight excluding hydrogens is 474 g/mol. The fourth-order valence-corrected chi connectivity index (χ4v) is 4.83. The first kappa shape index (κ1) is 24.2. The van der Waals surface area contributed by atoms with Crippen LogP contribution in [-0.4, -0.2) is 59.7 Å². The Hall–Kier alpha value is -3.49. The van der Waals surface area contributed by atoms with Crippen LogP contribution in [0.1, 0.15) is 6.42 Å². The molecule has 1 heterocycles. The number of carbonyl (C=O) groups excluding carboxylic acids is 3. The molecule has 2 aromatic rings. The molecule has 0 unspecified atom stereocenters. The Morgan fingerprint density at radius 3 is 2.15 bits per heavy atom. The third-order valence-corrected chi connectivity index (χ3v) is 7.41. The number of sulfonamides is 2. The molecule has 1 saturated heterocycles. The van der Waals surface area contributed by atoms with Crippen LogP contribution in [0.15, 0.2) is 58.3 Å². The van der Waals surface area contributed by atoms with Gasteiger partial charge in [-0.1, -0.05) is 6.07 Å². The summed E-state index contributed by atoms with van der Waals surface area (Å²) in [6.07, 6.45) is -0.0978. The van der Waals surface area contributed by atoms with Crippen molar-refractivity contribution in [1.82, 2.24) is 14.9 Å². The summed E-state index contributed by atoms with van der Waals surface area (Å²) in [5.41, 5.74) is 0.566. The number of nitrogens with zero attached hydrogens (tertiary/aromatic N) is 1. The molecule has 0 saturated carbocycles. The molecule has 0 aliphatic carbocycles. The molecule has 0 spiro atoms. The number of rotatable bonds is 9. The van der Waals surface area contributed by atoms with Crippen molar-refractivity contribution >= 4 is 49.3 Å². The zero-order chi connectivity index (χ0) is 24.2. The van der Waals surface area contributed by atoms with Gasteiger partial charge in [-0.2, -0.15) is 0 Å². The minimum Gasteiger partial charge on any atom is -0.329 e. The molecule has 0 bridgehead atoms. The molecule has 1 aliphatic heterocycles. The number of anilines is 2. The van der Waals surface area contributed by atoms with E-state index in [1.807, 2.05) is 0 Å². The summed E-state index contributed by atoms with van der Waals surface area (Å²) >= 11 is 0. The number of hydrogen-bond acceptors (Lipinski definition) is 7. The van der Waals surface area contributed by atoms with E-state index in [1.54, 1.807) is 0 Å². The van der Waals surface area contributed by atoms with Gasteiger partial charge in [0.05, 0.1) is 16.3 Å². The topological polar surface area (TPSA) is 171 Å². The SMILES string of the molecule is CNS(=O)(=O)c1cccc(S(=O)(=O)Nc2ccc(NC(=O)CCN3C(=O)CNC3=O)cc2)c1. The van der Waals surface area contributed by atoms with Crippen LogP contribution in [-0.2, 0) is 29.6 Å². The van der Waals surface area contributed by atoms with Crippen molar-refractivity contribution in [3.05, 3.63) is 48.5 Å². The average molecular weight is 496 g/mol. The molecule has 0 aromatic heterocycles. The van der Waals surface area contributed by atoms with E-state index in [2.05, 4.69) is 20.1 Å². The first-order valence-corrected chi connectivity index (χ1v) is 12.5. The first-order chi connectivity index (χ1) is 15.5. The molecule has 14 heteroatoms. The van der Waals surface area contributed by atoms with Crippen LogP contribution in [0, 0.1) is 0 Å². The second-order valence-corrected chi connectivity index (χ2v) is 10.4. The summed E-state index contributed by atoms with van der Waals surface area (Å²) in [5.74, 6) is -0.836. The summed E-state index contributed by atoms with van der Waals surface area (Å²) < 4.78 is 53.6. The number of carbonyl (C=O) groups is 3. The predicted molar refractivity (Wildman–Crippen MR) is 118 cm³/mol. The van der Waals surface area contributed by atoms with Crippen LogP contribution in [0.3, 0.4) is 0 Å². The van der Waals surface area contributed by atoms with E-state index in [0.29, 0.717) is 5.69 Å². The second kappa shape index (κ2) is 9.56. The number of hydrogen-bond donors (Lipinski definition) is 4. The van der Waals surface area contributed by atoms with Gasteiger partial charge < -0.3 is 10.6 Å². The maximum Gasteiger partial charge on any atom is 0.324 e. The summed E-state index contributed by atoms with van der Waals surface area (Å²) in [5, 5.41) is 4.95. The van der Waals surface area contributed by atoms with E-state index in [0.717, 1.165) is 11.0 Å². The molecule has 3 rings (SSSR count). The first-order valence-electron chi connectivity index (χ1n) is 9.56. The van der Waals surface area contributed by atoms with Gasteiger partial charge in [0.25, 0.3) is 10.0 Å². The predicted octanol–water partition coefficient (Wildman–Crippen LogP) is 0.276. The van der Waals surface area contributed by atoms with E-state index in [4.69, 9.17) is 0 Å². The molecule has 2 aromatic carbocycles. The summed E-state index contributed by atoms with van der Waals surface area (Å²) in [6.45, 7) is -0.149. The second-order valence-electron chi connectivity index (χ2n) is 6.87. The summed E-state index contributed by atoms with van der Waals surface area (Å²) in [7, 11) is -6.67. The van der Waals surface area contributed by atoms with Gasteiger partial charge >= 0.3 is 6.03 Å². The van der Waals surface area contributed by atoms with Gasteiger partial charge in [0.15, 0.2) is 0 Å². The van der Waals surface area contributed by atoms with Crippen molar-refractivity contribution in [2.75, 3.05) is 30.2 Å². The highest BCUT2D eigenvalue weighted by Crippen LogP contribution is 2.21. The Labute approximate surface area is 190 Å². The van der Waals surface area contributed by atoms with Gasteiger partial charge in [0.1, 0.15) is 0 Å². The van der Waals surface area contributed by atoms with Gasteiger partial charge in [0.2, 0.25) is 21.8 Å². The van der Waals surface area contributed by atoms with Crippen LogP contribution in [0.25, 0.3) is 0 Å². The maximum absolute atomic E-state index is 12.6. The fourth-order valence-electron chi connectivity index (χ4n) is 2.88. The van der Waals surface area contributed by atoms with E-state index < -0.39 is 37.9 Å². The molecule has 12 nitrogen and oxygen atoms in total. The lowest BCUT2D eigenvalue weighted by Crippen LogP contribution is -2.33. The minimum atomic E-state index is -4.07. The Morgan fingerprint density at radius 2 is 1.58 bits per heavy atom. The van der Waals surface area contributed by atoms with Crippen molar-refractivity contribution in [2.45, 2.75) is 16.2 Å². The zero-order valence-corrected chi connectivity index (χ0v) is 19.0. The minimum absolute atomic E-state index is 0.0588. The highest BCUT2D eigenvalue weighted by molar-refractivity contribution is 7.93. The van der Waals surface area contributed by atoms with E-state index in [9.17, 15) is 31.2 Å². The standard InChI is InChI=1S/C19H21N5O7S2/c1-20-32(28,29)15-3-2-4-16(11-15)33(30,31)23-14-7-5-13(6-8-14)22-17(25)9-10-24-18(26)12-21-19(24)27/h2-8,11,20,23H,9-10,12H2,1H3,(H,21,27)(H,22,25). The zero-order valence-electron chi connectivity index (χ0n) is 17.4. The monoisotopic (exact) mass is 495 g/mol. The maximum atomic E-state index is 12.6. The fraction of sp³-hybridized carbons (Fsp3) is 0.211. The number of amides is 4. The molecule has 4 N–H and O–H groups in total. The molecule has 176 valence electrons. The van der Waals surface area contributed by atoms with Crippen LogP contribution in [0.5, 0.6) is 0 Å². The van der Waals surface area contributed by atoms with Gasteiger partial charge in [-0.3, -0.25) is 19.2 Å². The van der Waals surface area contributed by atoms with Gasteiger partial charge in [-0.25, -0.2) is 26.4 Å². The van der Waals surface area contributed by atoms with Crippen molar-refractivity contribution in [3.63, 3.8) is 0 Å². The van der Waals surface area contributed by atoms with E-state index in [1.165, 1.54) is 49.5 Å². The Bertz CT molecular complexity index is 1280. The molecular formula is C19H21N5O7S2. The quantitative estimate of drug-likeness (QED) is 0.362. The Balaban J connectivity index is 1.62. The lowest BCUT2D eigenvalue weighted by Gasteiger charge is -2.12. The van der Waals surface area contributed by atoms with Gasteiger partial charge in [-0.05, 0) is 49.5 Å². The average Bonchev–Trinajstić information content (AvgIpc) is 3.10. The summed E-state index contributed by atoms with van der Waals surface area (Å²) in [6, 6.07) is 10.1. The third kappa shape index (κ3) is 5.85. The lowest BCUT2D eigenvalue weighted by atomic mass is 10.2. The number of nitrogens with one attached hydrogen (secondary N) is 4.